The Morgan fingerprint density at radius 1 is 1.60 bits per heavy atom. The first-order valence-electron chi connectivity index (χ1n) is 5.32. The molecule has 0 saturated carbocycles. The minimum atomic E-state index is -0.0382. The predicted octanol–water partition coefficient (Wildman–Crippen LogP) is 0.540. The van der Waals surface area contributed by atoms with Crippen molar-refractivity contribution in [1.82, 2.24) is 14.8 Å². The van der Waals surface area contributed by atoms with Gasteiger partial charge < -0.3 is 14.4 Å². The van der Waals surface area contributed by atoms with Gasteiger partial charge in [-0.15, -0.1) is 10.2 Å². The van der Waals surface area contributed by atoms with E-state index in [0.717, 1.165) is 31.0 Å². The lowest BCUT2D eigenvalue weighted by molar-refractivity contribution is 0.104. The van der Waals surface area contributed by atoms with E-state index in [2.05, 4.69) is 14.8 Å². The number of ether oxygens (including phenoxy) is 1. The van der Waals surface area contributed by atoms with E-state index in [0.29, 0.717) is 5.92 Å². The van der Waals surface area contributed by atoms with Crippen LogP contribution < -0.4 is 0 Å². The highest BCUT2D eigenvalue weighted by Crippen LogP contribution is 2.23. The second kappa shape index (κ2) is 4.28. The average molecular weight is 211 g/mol. The third-order valence-electron chi connectivity index (χ3n) is 3.05. The number of fused-ring (bicyclic) bond motifs is 1. The zero-order valence-corrected chi connectivity index (χ0v) is 9.18. The van der Waals surface area contributed by atoms with Gasteiger partial charge in [-0.25, -0.2) is 0 Å². The van der Waals surface area contributed by atoms with Crippen molar-refractivity contribution in [2.45, 2.75) is 32.4 Å². The van der Waals surface area contributed by atoms with Gasteiger partial charge in [-0.1, -0.05) is 0 Å². The number of hydrogen-bond donors (Lipinski definition) is 1. The summed E-state index contributed by atoms with van der Waals surface area (Å²) in [5.74, 6) is 2.21. The number of aryl methyl sites for hydroxylation is 1. The molecule has 2 unspecified atom stereocenters. The summed E-state index contributed by atoms with van der Waals surface area (Å²) >= 11 is 0. The van der Waals surface area contributed by atoms with Crippen molar-refractivity contribution in [3.8, 4) is 0 Å². The van der Waals surface area contributed by atoms with E-state index in [1.54, 1.807) is 7.11 Å². The molecule has 0 aromatic carbocycles. The van der Waals surface area contributed by atoms with Gasteiger partial charge in [0.1, 0.15) is 11.9 Å². The van der Waals surface area contributed by atoms with Crippen molar-refractivity contribution in [1.29, 1.82) is 0 Å². The Morgan fingerprint density at radius 2 is 2.40 bits per heavy atom. The zero-order chi connectivity index (χ0) is 10.8. The van der Waals surface area contributed by atoms with Crippen molar-refractivity contribution in [3.63, 3.8) is 0 Å². The average Bonchev–Trinajstić information content (AvgIpc) is 2.70. The van der Waals surface area contributed by atoms with Gasteiger partial charge in [0.15, 0.2) is 5.82 Å². The standard InChI is InChI=1S/C10H17N3O2/c1-7(15-2)10-12-11-9-4-3-8(6-14)5-13(9)10/h7-8,14H,3-6H2,1-2H3. The fourth-order valence-corrected chi connectivity index (χ4v) is 1.97. The molecule has 0 fully saturated rings. The fraction of sp³-hybridized carbons (Fsp3) is 0.800. The summed E-state index contributed by atoms with van der Waals surface area (Å²) in [6, 6.07) is 0. The molecule has 5 nitrogen and oxygen atoms in total. The quantitative estimate of drug-likeness (QED) is 0.792. The number of aliphatic hydroxyl groups is 1. The summed E-state index contributed by atoms with van der Waals surface area (Å²) in [5, 5.41) is 17.4. The van der Waals surface area contributed by atoms with Crippen LogP contribution in [-0.2, 0) is 17.7 Å². The molecule has 2 rings (SSSR count). The van der Waals surface area contributed by atoms with E-state index in [1.165, 1.54) is 0 Å². The highest BCUT2D eigenvalue weighted by Gasteiger charge is 2.24. The summed E-state index contributed by atoms with van der Waals surface area (Å²) in [6.45, 7) is 3.00. The van der Waals surface area contributed by atoms with Crippen molar-refractivity contribution >= 4 is 0 Å². The number of hydrogen-bond acceptors (Lipinski definition) is 4. The molecular formula is C10H17N3O2. The molecule has 1 aromatic heterocycles. The first-order valence-corrected chi connectivity index (χ1v) is 5.32. The molecule has 2 atom stereocenters. The molecule has 1 aromatic rings. The largest absolute Gasteiger partial charge is 0.396 e. The van der Waals surface area contributed by atoms with Crippen LogP contribution in [0.4, 0.5) is 0 Å². The van der Waals surface area contributed by atoms with Gasteiger partial charge in [-0.2, -0.15) is 0 Å². The van der Waals surface area contributed by atoms with Gasteiger partial charge in [-0.05, 0) is 13.3 Å². The van der Waals surface area contributed by atoms with Gasteiger partial charge >= 0.3 is 0 Å². The number of nitrogens with zero attached hydrogens (tertiary/aromatic N) is 3. The molecule has 0 aliphatic carbocycles. The third kappa shape index (κ3) is 1.89. The van der Waals surface area contributed by atoms with Crippen LogP contribution in [0.3, 0.4) is 0 Å². The van der Waals surface area contributed by atoms with Crippen LogP contribution >= 0.6 is 0 Å². The van der Waals surface area contributed by atoms with Crippen LogP contribution in [0.2, 0.25) is 0 Å². The van der Waals surface area contributed by atoms with E-state index in [1.807, 2.05) is 6.92 Å². The van der Waals surface area contributed by atoms with Crippen molar-refractivity contribution in [3.05, 3.63) is 11.6 Å². The van der Waals surface area contributed by atoms with Crippen LogP contribution in [0.25, 0.3) is 0 Å². The minimum Gasteiger partial charge on any atom is -0.396 e. The summed E-state index contributed by atoms with van der Waals surface area (Å²) in [4.78, 5) is 0. The molecule has 1 aliphatic heterocycles. The molecule has 1 N–H and O–H groups in total. The molecule has 0 saturated heterocycles. The Hall–Kier alpha value is -0.940. The van der Waals surface area contributed by atoms with E-state index in [9.17, 15) is 0 Å². The minimum absolute atomic E-state index is 0.0382. The van der Waals surface area contributed by atoms with Crippen LogP contribution in [0.15, 0.2) is 0 Å². The maximum absolute atomic E-state index is 9.16. The van der Waals surface area contributed by atoms with E-state index < -0.39 is 0 Å². The van der Waals surface area contributed by atoms with Gasteiger partial charge in [-0.3, -0.25) is 0 Å². The Morgan fingerprint density at radius 3 is 3.07 bits per heavy atom. The number of rotatable bonds is 3. The van der Waals surface area contributed by atoms with Crippen LogP contribution in [0.1, 0.15) is 31.1 Å². The Balaban J connectivity index is 2.25. The van der Waals surface area contributed by atoms with Crippen molar-refractivity contribution in [2.75, 3.05) is 13.7 Å². The molecule has 2 heterocycles. The van der Waals surface area contributed by atoms with Crippen LogP contribution in [0, 0.1) is 5.92 Å². The SMILES string of the molecule is COC(C)c1nnc2n1CC(CO)CC2. The molecule has 84 valence electrons. The van der Waals surface area contributed by atoms with E-state index in [4.69, 9.17) is 9.84 Å². The van der Waals surface area contributed by atoms with Crippen LogP contribution in [-0.4, -0.2) is 33.6 Å². The summed E-state index contributed by atoms with van der Waals surface area (Å²) in [5.41, 5.74) is 0. The monoisotopic (exact) mass is 211 g/mol. The lowest BCUT2D eigenvalue weighted by atomic mass is 10.0. The topological polar surface area (TPSA) is 60.2 Å². The van der Waals surface area contributed by atoms with Gasteiger partial charge in [0.05, 0.1) is 0 Å². The molecule has 0 amide bonds. The predicted molar refractivity (Wildman–Crippen MR) is 54.3 cm³/mol. The highest BCUT2D eigenvalue weighted by molar-refractivity contribution is 5.02. The maximum atomic E-state index is 9.16. The Kier molecular flexibility index (Phi) is 3.02. The first-order chi connectivity index (χ1) is 7.26. The van der Waals surface area contributed by atoms with Crippen LogP contribution in [0.5, 0.6) is 0 Å². The van der Waals surface area contributed by atoms with Gasteiger partial charge in [0.2, 0.25) is 0 Å². The second-order valence-electron chi connectivity index (χ2n) is 4.05. The molecule has 0 radical (unpaired) electrons. The third-order valence-corrected chi connectivity index (χ3v) is 3.05. The van der Waals surface area contributed by atoms with Gasteiger partial charge in [0, 0.05) is 32.6 Å². The zero-order valence-electron chi connectivity index (χ0n) is 9.18. The van der Waals surface area contributed by atoms with E-state index in [-0.39, 0.29) is 12.7 Å². The second-order valence-corrected chi connectivity index (χ2v) is 4.05. The number of aliphatic hydroxyl groups excluding tert-OH is 1. The Bertz CT molecular complexity index is 337. The number of aromatic nitrogens is 3. The van der Waals surface area contributed by atoms with Gasteiger partial charge in [0.25, 0.3) is 0 Å². The first kappa shape index (κ1) is 10.6. The van der Waals surface area contributed by atoms with Crippen molar-refractivity contribution < 1.29 is 9.84 Å². The molecule has 0 bridgehead atoms. The Labute approximate surface area is 89.1 Å². The summed E-state index contributed by atoms with van der Waals surface area (Å²) < 4.78 is 7.33. The summed E-state index contributed by atoms with van der Waals surface area (Å²) in [7, 11) is 1.67. The number of methoxy groups -OCH3 is 1. The smallest absolute Gasteiger partial charge is 0.161 e. The maximum Gasteiger partial charge on any atom is 0.161 e. The molecular weight excluding hydrogens is 194 g/mol. The highest BCUT2D eigenvalue weighted by atomic mass is 16.5. The normalized spacial score (nSPS) is 22.5. The molecule has 15 heavy (non-hydrogen) atoms. The summed E-state index contributed by atoms with van der Waals surface area (Å²) in [6.07, 6.45) is 1.86. The fourth-order valence-electron chi connectivity index (χ4n) is 1.97. The lowest BCUT2D eigenvalue weighted by Gasteiger charge is -2.23. The van der Waals surface area contributed by atoms with Crippen molar-refractivity contribution in [2.24, 2.45) is 5.92 Å². The molecule has 5 heteroatoms. The molecule has 0 spiro atoms. The molecule has 1 aliphatic rings. The lowest BCUT2D eigenvalue weighted by Crippen LogP contribution is -2.25. The van der Waals surface area contributed by atoms with E-state index >= 15 is 0 Å².